The predicted molar refractivity (Wildman–Crippen MR) is 70.3 cm³/mol. The zero-order chi connectivity index (χ0) is 13.7. The van der Waals surface area contributed by atoms with Crippen LogP contribution in [0.1, 0.15) is 54.4 Å². The molecule has 100 valence electrons. The van der Waals surface area contributed by atoms with E-state index in [-0.39, 0.29) is 23.1 Å². The highest BCUT2D eigenvalue weighted by Gasteiger charge is 2.21. The largest absolute Gasteiger partial charge is 0.460 e. The Morgan fingerprint density at radius 1 is 0.824 bits per heavy atom. The molecule has 0 spiro atoms. The highest BCUT2D eigenvalue weighted by atomic mass is 16.8. The molecule has 0 atom stereocenters. The van der Waals surface area contributed by atoms with Crippen molar-refractivity contribution in [2.24, 2.45) is 0 Å². The second-order valence-corrected chi connectivity index (χ2v) is 5.28. The third-order valence-corrected chi connectivity index (χ3v) is 2.71. The van der Waals surface area contributed by atoms with Crippen molar-refractivity contribution in [2.75, 3.05) is 0 Å². The van der Waals surface area contributed by atoms with E-state index in [2.05, 4.69) is 13.2 Å². The van der Waals surface area contributed by atoms with Crippen molar-refractivity contribution < 1.29 is 14.2 Å². The number of hydrogen-bond donors (Lipinski definition) is 0. The first kappa shape index (κ1) is 15.9. The molecular formula is C14H26O3. The van der Waals surface area contributed by atoms with Crippen LogP contribution in [0.4, 0.5) is 0 Å². The molecule has 0 fully saturated rings. The van der Waals surface area contributed by atoms with Crippen molar-refractivity contribution >= 4 is 0 Å². The van der Waals surface area contributed by atoms with Gasteiger partial charge in [-0.15, -0.1) is 0 Å². The Hall–Kier alpha value is -1.12. The van der Waals surface area contributed by atoms with Crippen LogP contribution >= 0.6 is 0 Å². The molecule has 0 aromatic carbocycles. The van der Waals surface area contributed by atoms with Crippen LogP contribution in [-0.2, 0) is 14.2 Å². The van der Waals surface area contributed by atoms with Gasteiger partial charge in [-0.2, -0.15) is 0 Å². The van der Waals surface area contributed by atoms with Gasteiger partial charge in [0.25, 0.3) is 11.9 Å². The summed E-state index contributed by atoms with van der Waals surface area (Å²) in [6, 6.07) is 0. The highest BCUT2D eigenvalue weighted by molar-refractivity contribution is 4.85. The smallest absolute Gasteiger partial charge is 0.280 e. The number of ether oxygens (including phenoxy) is 3. The second kappa shape index (κ2) is 5.99. The van der Waals surface area contributed by atoms with Crippen molar-refractivity contribution in [1.29, 1.82) is 0 Å². The summed E-state index contributed by atoms with van der Waals surface area (Å²) in [7, 11) is 0. The summed E-state index contributed by atoms with van der Waals surface area (Å²) in [5.74, 6) is 0.433. The molecule has 3 heteroatoms. The van der Waals surface area contributed by atoms with Crippen LogP contribution < -0.4 is 0 Å². The maximum Gasteiger partial charge on any atom is 0.280 e. The number of hydrogen-bond acceptors (Lipinski definition) is 3. The molecule has 17 heavy (non-hydrogen) atoms. The first-order chi connectivity index (χ1) is 7.62. The van der Waals surface area contributed by atoms with Gasteiger partial charge in [0.1, 0.15) is 11.2 Å². The zero-order valence-electron chi connectivity index (χ0n) is 12.1. The molecule has 0 aliphatic rings. The van der Waals surface area contributed by atoms with Crippen LogP contribution in [0.3, 0.4) is 0 Å². The topological polar surface area (TPSA) is 27.7 Å². The van der Waals surface area contributed by atoms with Gasteiger partial charge in [0.2, 0.25) is 0 Å². The minimum atomic E-state index is -0.294. The van der Waals surface area contributed by atoms with E-state index in [9.17, 15) is 0 Å². The molecule has 0 amide bonds. The van der Waals surface area contributed by atoms with Crippen molar-refractivity contribution in [1.82, 2.24) is 0 Å². The van der Waals surface area contributed by atoms with Gasteiger partial charge in [0.15, 0.2) is 0 Å². The normalized spacial score (nSPS) is 11.9. The molecule has 0 heterocycles. The molecule has 0 aliphatic heterocycles. The van der Waals surface area contributed by atoms with Gasteiger partial charge in [0.05, 0.1) is 0 Å². The zero-order valence-corrected chi connectivity index (χ0v) is 12.1. The summed E-state index contributed by atoms with van der Waals surface area (Å²) >= 11 is 0. The average Bonchev–Trinajstić information content (AvgIpc) is 2.15. The first-order valence-corrected chi connectivity index (χ1v) is 6.05. The second-order valence-electron chi connectivity index (χ2n) is 5.28. The maximum absolute atomic E-state index is 5.55. The summed E-state index contributed by atoms with van der Waals surface area (Å²) in [6.07, 6.45) is 1.73. The fraction of sp³-hybridized carbons (Fsp3) is 0.714. The summed E-state index contributed by atoms with van der Waals surface area (Å²) in [5, 5.41) is 0. The average molecular weight is 242 g/mol. The molecule has 0 saturated carbocycles. The SMILES string of the molecule is C=C(OC(=C)OC(C)(C)CC)OC(C)(C)CC. The summed E-state index contributed by atoms with van der Waals surface area (Å²) in [4.78, 5) is 0. The van der Waals surface area contributed by atoms with Gasteiger partial charge in [-0.3, -0.25) is 0 Å². The molecule has 0 bridgehead atoms. The van der Waals surface area contributed by atoms with Gasteiger partial charge in [0, 0.05) is 0 Å². The summed E-state index contributed by atoms with van der Waals surface area (Å²) in [6.45, 7) is 19.4. The molecule has 0 rings (SSSR count). The van der Waals surface area contributed by atoms with E-state index >= 15 is 0 Å². The van der Waals surface area contributed by atoms with Gasteiger partial charge < -0.3 is 14.2 Å². The van der Waals surface area contributed by atoms with Crippen LogP contribution in [0.2, 0.25) is 0 Å². The van der Waals surface area contributed by atoms with Crippen LogP contribution in [0.15, 0.2) is 25.0 Å². The maximum atomic E-state index is 5.55. The molecule has 0 radical (unpaired) electrons. The Kier molecular flexibility index (Phi) is 5.59. The van der Waals surface area contributed by atoms with E-state index in [1.165, 1.54) is 0 Å². The minimum Gasteiger partial charge on any atom is -0.460 e. The van der Waals surface area contributed by atoms with Gasteiger partial charge in [-0.25, -0.2) is 0 Å². The molecule has 0 aromatic rings. The summed E-state index contributed by atoms with van der Waals surface area (Å²) < 4.78 is 16.4. The quantitative estimate of drug-likeness (QED) is 0.592. The van der Waals surface area contributed by atoms with Gasteiger partial charge in [-0.05, 0) is 53.7 Å². The van der Waals surface area contributed by atoms with Gasteiger partial charge in [-0.1, -0.05) is 13.8 Å². The molecule has 3 nitrogen and oxygen atoms in total. The van der Waals surface area contributed by atoms with E-state index < -0.39 is 0 Å². The fourth-order valence-corrected chi connectivity index (χ4v) is 0.929. The van der Waals surface area contributed by atoms with E-state index in [0.29, 0.717) is 0 Å². The molecule has 0 aliphatic carbocycles. The van der Waals surface area contributed by atoms with Crippen molar-refractivity contribution in [3.05, 3.63) is 25.0 Å². The molecule has 0 saturated heterocycles. The third-order valence-electron chi connectivity index (χ3n) is 2.71. The predicted octanol–water partition coefficient (Wildman–Crippen LogP) is 4.36. The Balaban J connectivity index is 4.19. The Morgan fingerprint density at radius 2 is 1.12 bits per heavy atom. The lowest BCUT2D eigenvalue weighted by atomic mass is 10.1. The first-order valence-electron chi connectivity index (χ1n) is 6.05. The van der Waals surface area contributed by atoms with E-state index in [4.69, 9.17) is 14.2 Å². The molecular weight excluding hydrogens is 216 g/mol. The number of rotatable bonds is 8. The van der Waals surface area contributed by atoms with Crippen molar-refractivity contribution in [2.45, 2.75) is 65.6 Å². The minimum absolute atomic E-state index is 0.216. The van der Waals surface area contributed by atoms with E-state index in [1.54, 1.807) is 0 Å². The highest BCUT2D eigenvalue weighted by Crippen LogP contribution is 2.23. The molecule has 0 N–H and O–H groups in total. The van der Waals surface area contributed by atoms with Crippen LogP contribution in [0.25, 0.3) is 0 Å². The Morgan fingerprint density at radius 3 is 1.35 bits per heavy atom. The standard InChI is InChI=1S/C14H26O3/c1-9-13(5,6)16-11(3)15-12(4)17-14(7,8)10-2/h3-4,9-10H2,1-2,5-8H3. The van der Waals surface area contributed by atoms with E-state index in [1.807, 2.05) is 41.5 Å². The fourth-order valence-electron chi connectivity index (χ4n) is 0.929. The van der Waals surface area contributed by atoms with E-state index in [0.717, 1.165) is 12.8 Å². The van der Waals surface area contributed by atoms with Crippen LogP contribution in [0, 0.1) is 0 Å². The lowest BCUT2D eigenvalue weighted by molar-refractivity contribution is -0.0960. The monoisotopic (exact) mass is 242 g/mol. The van der Waals surface area contributed by atoms with Crippen LogP contribution in [0.5, 0.6) is 0 Å². The molecule has 0 unspecified atom stereocenters. The third kappa shape index (κ3) is 6.93. The Labute approximate surface area is 105 Å². The van der Waals surface area contributed by atoms with Gasteiger partial charge >= 0.3 is 0 Å². The van der Waals surface area contributed by atoms with Crippen molar-refractivity contribution in [3.63, 3.8) is 0 Å². The lowest BCUT2D eigenvalue weighted by Crippen LogP contribution is -2.25. The van der Waals surface area contributed by atoms with Crippen molar-refractivity contribution in [3.8, 4) is 0 Å². The summed E-state index contributed by atoms with van der Waals surface area (Å²) in [5.41, 5.74) is -0.588. The van der Waals surface area contributed by atoms with Crippen LogP contribution in [-0.4, -0.2) is 11.2 Å². The molecule has 0 aromatic heterocycles. The Bertz CT molecular complexity index is 249. The lowest BCUT2D eigenvalue weighted by Gasteiger charge is -2.28.